The summed E-state index contributed by atoms with van der Waals surface area (Å²) in [6.07, 6.45) is 3.48. The van der Waals surface area contributed by atoms with Gasteiger partial charge in [0.25, 0.3) is 0 Å². The number of fused-ring (bicyclic) bond motifs is 1. The lowest BCUT2D eigenvalue weighted by atomic mass is 9.95. The van der Waals surface area contributed by atoms with Gasteiger partial charge in [-0.3, -0.25) is 0 Å². The van der Waals surface area contributed by atoms with Crippen molar-refractivity contribution in [3.8, 4) is 28.5 Å². The van der Waals surface area contributed by atoms with E-state index in [2.05, 4.69) is 0 Å². The largest absolute Gasteiger partial charge is 0.502 e. The second kappa shape index (κ2) is 9.04. The number of nitrogens with zero attached hydrogens (tertiary/aromatic N) is 1. The Morgan fingerprint density at radius 3 is 2.18 bits per heavy atom. The summed E-state index contributed by atoms with van der Waals surface area (Å²) >= 11 is 0. The molecule has 0 amide bonds. The fourth-order valence-electron chi connectivity index (χ4n) is 3.74. The topological polar surface area (TPSA) is 88.9 Å². The third-order valence-electron chi connectivity index (χ3n) is 5.41. The molecule has 33 heavy (non-hydrogen) atoms. The summed E-state index contributed by atoms with van der Waals surface area (Å²) in [6.45, 7) is 1.99. The zero-order valence-corrected chi connectivity index (χ0v) is 18.5. The fourth-order valence-corrected chi connectivity index (χ4v) is 3.74. The number of carboxylic acid groups (broad SMARTS) is 1. The number of aromatic nitrogens is 1. The molecule has 0 radical (unpaired) electrons. The Morgan fingerprint density at radius 2 is 1.58 bits per heavy atom. The van der Waals surface area contributed by atoms with Gasteiger partial charge in [0, 0.05) is 16.5 Å². The molecular weight excluding hydrogens is 418 g/mol. The highest BCUT2D eigenvalue weighted by atomic mass is 16.5. The van der Waals surface area contributed by atoms with Crippen molar-refractivity contribution in [1.82, 2.24) is 4.98 Å². The molecule has 0 aliphatic rings. The molecule has 1 aromatic heterocycles. The number of ether oxygens (including phenoxy) is 2. The van der Waals surface area contributed by atoms with Gasteiger partial charge < -0.3 is 19.7 Å². The number of carboxylic acids is 1. The van der Waals surface area contributed by atoms with Crippen LogP contribution in [0.1, 0.15) is 27.0 Å². The SMILES string of the molecule is COc1cc(/C=C/c2c(-c3ccc(C)cc3)nc3ccccc3c2C(=O)O)cc(OC)c1O. The van der Waals surface area contributed by atoms with Gasteiger partial charge in [-0.05, 0) is 30.7 Å². The lowest BCUT2D eigenvalue weighted by Crippen LogP contribution is -2.05. The van der Waals surface area contributed by atoms with Crippen LogP contribution in [0, 0.1) is 6.92 Å². The van der Waals surface area contributed by atoms with Crippen LogP contribution in [-0.2, 0) is 0 Å². The highest BCUT2D eigenvalue weighted by molar-refractivity contribution is 6.08. The van der Waals surface area contributed by atoms with E-state index in [1.165, 1.54) is 14.2 Å². The number of phenolic OH excluding ortho intramolecular Hbond substituents is 1. The zero-order valence-electron chi connectivity index (χ0n) is 18.5. The van der Waals surface area contributed by atoms with Crippen LogP contribution in [0.25, 0.3) is 34.3 Å². The summed E-state index contributed by atoms with van der Waals surface area (Å²) in [5, 5.41) is 20.9. The van der Waals surface area contributed by atoms with Crippen LogP contribution in [0.15, 0.2) is 60.7 Å². The maximum absolute atomic E-state index is 12.4. The van der Waals surface area contributed by atoms with Gasteiger partial charge in [-0.2, -0.15) is 0 Å². The van der Waals surface area contributed by atoms with Crippen molar-refractivity contribution in [2.75, 3.05) is 14.2 Å². The molecular formula is C27H23NO5. The molecule has 6 nitrogen and oxygen atoms in total. The first-order chi connectivity index (χ1) is 15.9. The van der Waals surface area contributed by atoms with Crippen molar-refractivity contribution in [3.63, 3.8) is 0 Å². The molecule has 0 saturated carbocycles. The van der Waals surface area contributed by atoms with Gasteiger partial charge in [0.1, 0.15) is 0 Å². The number of methoxy groups -OCH3 is 2. The molecule has 1 heterocycles. The van der Waals surface area contributed by atoms with Gasteiger partial charge in [-0.15, -0.1) is 0 Å². The number of aromatic hydroxyl groups is 1. The molecule has 166 valence electrons. The van der Waals surface area contributed by atoms with Crippen LogP contribution in [-0.4, -0.2) is 35.4 Å². The minimum Gasteiger partial charge on any atom is -0.502 e. The molecule has 2 N–H and O–H groups in total. The molecule has 3 aromatic carbocycles. The Kier molecular flexibility index (Phi) is 6.00. The molecule has 4 aromatic rings. The predicted octanol–water partition coefficient (Wildman–Crippen LogP) is 5.80. The average Bonchev–Trinajstić information content (AvgIpc) is 2.82. The molecule has 0 unspecified atom stereocenters. The summed E-state index contributed by atoms with van der Waals surface area (Å²) in [4.78, 5) is 17.2. The van der Waals surface area contributed by atoms with Crippen LogP contribution < -0.4 is 9.47 Å². The molecule has 0 aliphatic carbocycles. The quantitative estimate of drug-likeness (QED) is 0.393. The second-order valence-electron chi connectivity index (χ2n) is 7.54. The van der Waals surface area contributed by atoms with Crippen molar-refractivity contribution in [1.29, 1.82) is 0 Å². The molecule has 4 rings (SSSR count). The fraction of sp³-hybridized carbons (Fsp3) is 0.111. The van der Waals surface area contributed by atoms with E-state index in [-0.39, 0.29) is 22.8 Å². The Balaban J connectivity index is 1.97. The van der Waals surface area contributed by atoms with Gasteiger partial charge in [-0.1, -0.05) is 60.2 Å². The molecule has 0 aliphatic heterocycles. The van der Waals surface area contributed by atoms with E-state index in [0.29, 0.717) is 27.7 Å². The molecule has 0 spiro atoms. The smallest absolute Gasteiger partial charge is 0.337 e. The monoisotopic (exact) mass is 441 g/mol. The minimum atomic E-state index is -1.04. The summed E-state index contributed by atoms with van der Waals surface area (Å²) < 4.78 is 10.5. The van der Waals surface area contributed by atoms with Crippen LogP contribution in [0.4, 0.5) is 0 Å². The molecule has 0 atom stereocenters. The Hall–Kier alpha value is -4.32. The lowest BCUT2D eigenvalue weighted by molar-refractivity contribution is 0.0699. The van der Waals surface area contributed by atoms with Crippen molar-refractivity contribution in [2.24, 2.45) is 0 Å². The summed E-state index contributed by atoms with van der Waals surface area (Å²) in [6, 6.07) is 18.3. The number of benzene rings is 3. The van der Waals surface area contributed by atoms with Gasteiger partial charge >= 0.3 is 5.97 Å². The molecule has 0 bridgehead atoms. The number of rotatable bonds is 6. The number of aryl methyl sites for hydroxylation is 1. The highest BCUT2D eigenvalue weighted by Gasteiger charge is 2.20. The molecule has 0 saturated heterocycles. The Morgan fingerprint density at radius 1 is 0.939 bits per heavy atom. The van der Waals surface area contributed by atoms with Gasteiger partial charge in [0.2, 0.25) is 5.75 Å². The predicted molar refractivity (Wildman–Crippen MR) is 129 cm³/mol. The minimum absolute atomic E-state index is 0.101. The maximum Gasteiger partial charge on any atom is 0.337 e. The highest BCUT2D eigenvalue weighted by Crippen LogP contribution is 2.38. The van der Waals surface area contributed by atoms with E-state index < -0.39 is 5.97 Å². The summed E-state index contributed by atoms with van der Waals surface area (Å²) in [5.74, 6) is -0.635. The van der Waals surface area contributed by atoms with Crippen molar-refractivity contribution in [3.05, 3.63) is 82.9 Å². The number of hydrogen-bond acceptors (Lipinski definition) is 5. The van der Waals surface area contributed by atoms with E-state index in [0.717, 1.165) is 11.1 Å². The molecule has 0 fully saturated rings. The number of carbonyl (C=O) groups is 1. The third kappa shape index (κ3) is 4.23. The van der Waals surface area contributed by atoms with Crippen LogP contribution in [0.5, 0.6) is 17.2 Å². The third-order valence-corrected chi connectivity index (χ3v) is 5.41. The Labute approximate surface area is 191 Å². The molecule has 6 heteroatoms. The zero-order chi connectivity index (χ0) is 23.5. The maximum atomic E-state index is 12.4. The van der Waals surface area contributed by atoms with E-state index in [9.17, 15) is 15.0 Å². The van der Waals surface area contributed by atoms with E-state index in [4.69, 9.17) is 14.5 Å². The number of pyridine rings is 1. The van der Waals surface area contributed by atoms with Crippen LogP contribution in [0.3, 0.4) is 0 Å². The van der Waals surface area contributed by atoms with E-state index in [1.54, 1.807) is 36.4 Å². The van der Waals surface area contributed by atoms with Gasteiger partial charge in [0.15, 0.2) is 11.5 Å². The summed E-state index contributed by atoms with van der Waals surface area (Å²) in [5.41, 5.74) is 4.41. The van der Waals surface area contributed by atoms with Gasteiger partial charge in [-0.25, -0.2) is 9.78 Å². The number of phenols is 1. The Bertz CT molecular complexity index is 1350. The normalized spacial score (nSPS) is 11.1. The van der Waals surface area contributed by atoms with Crippen molar-refractivity contribution < 1.29 is 24.5 Å². The summed E-state index contributed by atoms with van der Waals surface area (Å²) in [7, 11) is 2.90. The van der Waals surface area contributed by atoms with Crippen LogP contribution >= 0.6 is 0 Å². The number of hydrogen-bond donors (Lipinski definition) is 2. The number of aromatic carboxylic acids is 1. The van der Waals surface area contributed by atoms with Crippen molar-refractivity contribution >= 4 is 29.0 Å². The second-order valence-corrected chi connectivity index (χ2v) is 7.54. The van der Waals surface area contributed by atoms with E-state index in [1.807, 2.05) is 43.3 Å². The standard InChI is InChI=1S/C27H23NO5/c1-16-8-11-18(12-9-16)25-20(24(27(30)31)19-6-4-5-7-21(19)28-25)13-10-17-14-22(32-2)26(29)23(15-17)33-3/h4-15,29H,1-3H3,(H,30,31)/b13-10+. The van der Waals surface area contributed by atoms with E-state index >= 15 is 0 Å². The average molecular weight is 441 g/mol. The first kappa shape index (κ1) is 21.9. The van der Waals surface area contributed by atoms with Gasteiger partial charge in [0.05, 0.1) is 31.0 Å². The van der Waals surface area contributed by atoms with Crippen LogP contribution in [0.2, 0.25) is 0 Å². The lowest BCUT2D eigenvalue weighted by Gasteiger charge is -2.13. The first-order valence-corrected chi connectivity index (χ1v) is 10.3. The number of para-hydroxylation sites is 1. The van der Waals surface area contributed by atoms with Crippen molar-refractivity contribution in [2.45, 2.75) is 6.92 Å². The first-order valence-electron chi connectivity index (χ1n) is 10.3.